The molecule has 6 aromatic rings. The summed E-state index contributed by atoms with van der Waals surface area (Å²) in [6, 6.07) is 39.8. The molecule has 1 atom stereocenters. The fourth-order valence-corrected chi connectivity index (χ4v) is 8.52. The Balaban J connectivity index is 1.58. The third-order valence-corrected chi connectivity index (χ3v) is 11.7. The molecular weight excluding hydrogens is 891 g/mol. The van der Waals surface area contributed by atoms with E-state index in [1.165, 1.54) is 0 Å². The van der Waals surface area contributed by atoms with Crippen LogP contribution in [0, 0.1) is 24.7 Å². The van der Waals surface area contributed by atoms with Crippen LogP contribution in [0.3, 0.4) is 0 Å². The molecule has 0 fully saturated rings. The van der Waals surface area contributed by atoms with E-state index in [-0.39, 0.29) is 19.8 Å². The van der Waals surface area contributed by atoms with E-state index in [0.717, 1.165) is 60.7 Å². The van der Waals surface area contributed by atoms with Crippen molar-refractivity contribution < 1.29 is 57.8 Å². The normalized spacial score (nSPS) is 12.1. The average molecular weight is 946 g/mol. The van der Waals surface area contributed by atoms with Crippen molar-refractivity contribution in [3.63, 3.8) is 0 Å². The van der Waals surface area contributed by atoms with Crippen LogP contribution < -0.4 is 40.6 Å². The summed E-state index contributed by atoms with van der Waals surface area (Å²) in [6.07, 6.45) is 10.9. The maximum absolute atomic E-state index is 6.78. The molecule has 0 aliphatic heterocycles. The zero-order valence-corrected chi connectivity index (χ0v) is 37.9. The van der Waals surface area contributed by atoms with Gasteiger partial charge in [0.05, 0.1) is 19.8 Å². The van der Waals surface area contributed by atoms with E-state index in [1.807, 2.05) is 44.2 Å². The second kappa shape index (κ2) is 23.6. The van der Waals surface area contributed by atoms with Gasteiger partial charge in [0.25, 0.3) is 0 Å². The van der Waals surface area contributed by atoms with Crippen molar-refractivity contribution in [1.82, 2.24) is 0 Å². The van der Waals surface area contributed by atoms with Crippen molar-refractivity contribution in [3.05, 3.63) is 144 Å². The predicted octanol–water partition coefficient (Wildman–Crippen LogP) is 7.42. The number of ether oxygens (including phenoxy) is 7. The molecule has 0 aliphatic rings. The summed E-state index contributed by atoms with van der Waals surface area (Å²) in [5.41, 5.74) is 5.22. The molecule has 0 saturated heterocycles. The molecule has 0 bridgehead atoms. The molecule has 0 radical (unpaired) electrons. The SMILES string of the molecule is C#CCOCCOc1ccc2c(C(C)(c3ccc(-c4ccccc4)cc3)c3c(OCCOCC(=C)C)ccc4cc(OC[I-]OCC)ccc34)c(OCCOCC#C)ccc2c1. The third kappa shape index (κ3) is 11.9. The number of benzene rings is 6. The summed E-state index contributed by atoms with van der Waals surface area (Å²) in [5, 5.41) is 3.94. The fourth-order valence-electron chi connectivity index (χ4n) is 7.41. The summed E-state index contributed by atoms with van der Waals surface area (Å²) < 4.78 is 49.1. The van der Waals surface area contributed by atoms with E-state index in [9.17, 15) is 0 Å². The van der Waals surface area contributed by atoms with Gasteiger partial charge in [-0.05, 0) is 12.5 Å². The Kier molecular flexibility index (Phi) is 17.5. The number of halogens is 1. The number of alkyl halides is 1. The zero-order valence-electron chi connectivity index (χ0n) is 35.8. The Morgan fingerprint density at radius 2 is 1.15 bits per heavy atom. The second-order valence-corrected chi connectivity index (χ2v) is 16.4. The molecule has 9 heteroatoms. The Hall–Kier alpha value is -5.53. The van der Waals surface area contributed by atoms with E-state index in [0.29, 0.717) is 68.1 Å². The van der Waals surface area contributed by atoms with Crippen molar-refractivity contribution in [2.24, 2.45) is 0 Å². The number of fused-ring (bicyclic) bond motifs is 2. The van der Waals surface area contributed by atoms with Gasteiger partial charge in [-0.25, -0.2) is 0 Å². The first-order chi connectivity index (χ1) is 30.4. The standard InChI is InChI=1S/C53H54IO8/c1-7-27-55-29-32-58-45-21-23-47-42(35-45)17-25-49(59-33-30-56-28-8-2)51(47)53(6,44-19-15-41(16-20-44)40-13-11-10-12-14-40)52-48-24-22-46(61-38-54-62-9-3)36-43(48)18-26-50(52)60-34-31-57-37-39(4)5/h1-2,10-26,35-36H,4,9,27-34,37-38H2,3,5-6H3/q-1. The molecule has 1 unspecified atom stereocenters. The molecule has 0 heterocycles. The van der Waals surface area contributed by atoms with Gasteiger partial charge >= 0.3 is 240 Å². The van der Waals surface area contributed by atoms with Gasteiger partial charge < -0.3 is 14.2 Å². The molecule has 0 aliphatic carbocycles. The van der Waals surface area contributed by atoms with Crippen LogP contribution in [0.5, 0.6) is 23.0 Å². The Morgan fingerprint density at radius 3 is 1.69 bits per heavy atom. The van der Waals surface area contributed by atoms with Gasteiger partial charge in [0.2, 0.25) is 0 Å². The van der Waals surface area contributed by atoms with Crippen molar-refractivity contribution in [2.75, 3.05) is 70.7 Å². The molecular formula is C53H54IO8-. The molecule has 6 aromatic carbocycles. The van der Waals surface area contributed by atoms with Crippen LogP contribution in [0.15, 0.2) is 127 Å². The van der Waals surface area contributed by atoms with Crippen LogP contribution in [0.1, 0.15) is 37.5 Å². The van der Waals surface area contributed by atoms with Gasteiger partial charge in [0.15, 0.2) is 0 Å². The molecule has 0 saturated carbocycles. The second-order valence-electron chi connectivity index (χ2n) is 14.5. The van der Waals surface area contributed by atoms with Crippen LogP contribution in [-0.2, 0) is 22.7 Å². The van der Waals surface area contributed by atoms with Gasteiger partial charge in [-0.2, -0.15) is 0 Å². The van der Waals surface area contributed by atoms with Crippen LogP contribution >= 0.6 is 0 Å². The topological polar surface area (TPSA) is 73.8 Å². The summed E-state index contributed by atoms with van der Waals surface area (Å²) >= 11 is -0.526. The van der Waals surface area contributed by atoms with Gasteiger partial charge in [0.1, 0.15) is 25.6 Å². The molecule has 6 rings (SSSR count). The van der Waals surface area contributed by atoms with Crippen molar-refractivity contribution in [2.45, 2.75) is 26.2 Å². The van der Waals surface area contributed by atoms with E-state index in [4.69, 9.17) is 49.1 Å². The monoisotopic (exact) mass is 945 g/mol. The molecule has 0 amide bonds. The first-order valence-electron chi connectivity index (χ1n) is 20.6. The van der Waals surface area contributed by atoms with Crippen molar-refractivity contribution in [3.8, 4) is 58.8 Å². The minimum atomic E-state index is -0.897. The van der Waals surface area contributed by atoms with Crippen molar-refractivity contribution >= 4 is 21.5 Å². The molecule has 0 aromatic heterocycles. The summed E-state index contributed by atoms with van der Waals surface area (Å²) in [7, 11) is 0. The molecule has 62 heavy (non-hydrogen) atoms. The van der Waals surface area contributed by atoms with E-state index >= 15 is 0 Å². The molecule has 0 spiro atoms. The molecule has 0 N–H and O–H groups in total. The van der Waals surface area contributed by atoms with Crippen molar-refractivity contribution in [1.29, 1.82) is 0 Å². The maximum atomic E-state index is 6.78. The summed E-state index contributed by atoms with van der Waals surface area (Å²) in [6.45, 7) is 13.8. The molecule has 322 valence electrons. The fraction of sp³-hybridized carbons (Fsp3) is 0.283. The zero-order chi connectivity index (χ0) is 43.6. The van der Waals surface area contributed by atoms with E-state index in [1.54, 1.807) is 0 Å². The van der Waals surface area contributed by atoms with Crippen LogP contribution in [0.4, 0.5) is 0 Å². The predicted molar refractivity (Wildman–Crippen MR) is 244 cm³/mol. The summed E-state index contributed by atoms with van der Waals surface area (Å²) in [5.74, 6) is 7.93. The van der Waals surface area contributed by atoms with Crippen LogP contribution in [-0.4, -0.2) is 70.7 Å². The Bertz CT molecular complexity index is 2470. The third-order valence-electron chi connectivity index (χ3n) is 10.1. The molecule has 8 nitrogen and oxygen atoms in total. The van der Waals surface area contributed by atoms with Gasteiger partial charge in [-0.15, -0.1) is 12.8 Å². The Morgan fingerprint density at radius 1 is 0.613 bits per heavy atom. The quantitative estimate of drug-likeness (QED) is 0.0147. The minimum absolute atomic E-state index is 0.196. The number of hydrogen-bond acceptors (Lipinski definition) is 8. The average Bonchev–Trinajstić information content (AvgIpc) is 3.30. The van der Waals surface area contributed by atoms with Gasteiger partial charge in [-0.3, -0.25) is 0 Å². The van der Waals surface area contributed by atoms with Crippen LogP contribution in [0.2, 0.25) is 0 Å². The van der Waals surface area contributed by atoms with E-state index in [2.05, 4.69) is 110 Å². The first kappa shape index (κ1) is 46.0. The van der Waals surface area contributed by atoms with Crippen LogP contribution in [0.25, 0.3) is 32.7 Å². The summed E-state index contributed by atoms with van der Waals surface area (Å²) in [4.78, 5) is 0. The van der Waals surface area contributed by atoms with Gasteiger partial charge in [0, 0.05) is 0 Å². The van der Waals surface area contributed by atoms with Gasteiger partial charge in [-0.1, -0.05) is 54.3 Å². The number of terminal acetylenes is 2. The number of hydrogen-bond donors (Lipinski definition) is 0. The van der Waals surface area contributed by atoms with E-state index < -0.39 is 27.0 Å². The number of rotatable bonds is 25. The Labute approximate surface area is 377 Å². The first-order valence-corrected chi connectivity index (χ1v) is 23.0.